The van der Waals surface area contributed by atoms with Crippen LogP contribution in [0.5, 0.6) is 0 Å². The maximum absolute atomic E-state index is 10.7. The molecule has 3 aromatic rings. The molecule has 0 unspecified atom stereocenters. The molecule has 3 rings (SSSR count). The molecule has 3 heteroatoms. The maximum Gasteiger partial charge on any atom is 0.303 e. The van der Waals surface area contributed by atoms with Crippen molar-refractivity contribution in [3.63, 3.8) is 0 Å². The van der Waals surface area contributed by atoms with Crippen molar-refractivity contribution in [2.24, 2.45) is 0 Å². The van der Waals surface area contributed by atoms with Gasteiger partial charge in [-0.2, -0.15) is 0 Å². The Morgan fingerprint density at radius 1 is 0.889 bits per heavy atom. The average molecular weight is 361 g/mol. The highest BCUT2D eigenvalue weighted by Gasteiger charge is 2.08. The molecule has 0 atom stereocenters. The summed E-state index contributed by atoms with van der Waals surface area (Å²) >= 11 is 0. The van der Waals surface area contributed by atoms with Gasteiger partial charge in [0.05, 0.1) is 0 Å². The molecule has 0 aliphatic heterocycles. The van der Waals surface area contributed by atoms with E-state index < -0.39 is 5.97 Å². The first-order valence-corrected chi connectivity index (χ1v) is 9.69. The number of carbonyl (C=O) groups is 1. The van der Waals surface area contributed by atoms with Gasteiger partial charge >= 0.3 is 5.97 Å². The second-order valence-electron chi connectivity index (χ2n) is 6.89. The number of aryl methyl sites for hydroxylation is 2. The fourth-order valence-corrected chi connectivity index (χ4v) is 3.53. The van der Waals surface area contributed by atoms with Crippen LogP contribution in [0, 0.1) is 0 Å². The highest BCUT2D eigenvalue weighted by atomic mass is 16.4. The molecular weight excluding hydrogens is 334 g/mol. The van der Waals surface area contributed by atoms with E-state index >= 15 is 0 Å². The lowest BCUT2D eigenvalue weighted by Gasteiger charge is -2.25. The molecule has 0 saturated heterocycles. The van der Waals surface area contributed by atoms with Gasteiger partial charge < -0.3 is 10.0 Å². The van der Waals surface area contributed by atoms with Crippen LogP contribution in [0.1, 0.15) is 30.9 Å². The van der Waals surface area contributed by atoms with Crippen molar-refractivity contribution in [2.75, 3.05) is 18.0 Å². The third kappa shape index (κ3) is 5.10. The Morgan fingerprint density at radius 3 is 2.26 bits per heavy atom. The van der Waals surface area contributed by atoms with Crippen LogP contribution in [0.15, 0.2) is 66.7 Å². The number of aliphatic carboxylic acids is 1. The minimum absolute atomic E-state index is 0.190. The molecule has 0 aliphatic carbocycles. The molecule has 140 valence electrons. The fourth-order valence-electron chi connectivity index (χ4n) is 3.53. The minimum atomic E-state index is -0.743. The van der Waals surface area contributed by atoms with Crippen LogP contribution < -0.4 is 4.90 Å². The number of hydrogen-bond donors (Lipinski definition) is 1. The number of hydrogen-bond acceptors (Lipinski definition) is 2. The standard InChI is InChI=1S/C24H27NO2/c1-2-25(23-11-5-9-21-8-3-4-10-22(21)23)18-6-7-19-12-14-20(15-13-19)16-17-24(26)27/h3-5,8-15H,2,6-7,16-18H2,1H3,(H,26,27). The van der Waals surface area contributed by atoms with Gasteiger partial charge in [-0.3, -0.25) is 4.79 Å². The number of fused-ring (bicyclic) bond motifs is 1. The largest absolute Gasteiger partial charge is 0.481 e. The van der Waals surface area contributed by atoms with E-state index in [2.05, 4.69) is 78.6 Å². The number of carboxylic acid groups (broad SMARTS) is 1. The minimum Gasteiger partial charge on any atom is -0.481 e. The van der Waals surface area contributed by atoms with Crippen molar-refractivity contribution in [1.82, 2.24) is 0 Å². The Bertz CT molecular complexity index is 881. The van der Waals surface area contributed by atoms with E-state index in [4.69, 9.17) is 5.11 Å². The molecule has 0 bridgehead atoms. The predicted octanol–water partition coefficient (Wildman–Crippen LogP) is 5.32. The van der Waals surface area contributed by atoms with Gasteiger partial charge in [-0.1, -0.05) is 60.7 Å². The highest BCUT2D eigenvalue weighted by molar-refractivity contribution is 5.94. The smallest absolute Gasteiger partial charge is 0.303 e. The Morgan fingerprint density at radius 2 is 1.56 bits per heavy atom. The van der Waals surface area contributed by atoms with Crippen LogP contribution in [0.25, 0.3) is 10.8 Å². The van der Waals surface area contributed by atoms with Crippen LogP contribution >= 0.6 is 0 Å². The average Bonchev–Trinajstić information content (AvgIpc) is 2.70. The maximum atomic E-state index is 10.7. The number of benzene rings is 3. The van der Waals surface area contributed by atoms with Crippen molar-refractivity contribution in [1.29, 1.82) is 0 Å². The van der Waals surface area contributed by atoms with Crippen LogP contribution in [-0.4, -0.2) is 24.2 Å². The molecule has 0 saturated carbocycles. The first-order valence-electron chi connectivity index (χ1n) is 9.69. The van der Waals surface area contributed by atoms with E-state index in [1.54, 1.807) is 0 Å². The topological polar surface area (TPSA) is 40.5 Å². The summed E-state index contributed by atoms with van der Waals surface area (Å²) in [6, 6.07) is 23.4. The Hall–Kier alpha value is -2.81. The van der Waals surface area contributed by atoms with Gasteiger partial charge in [0.15, 0.2) is 0 Å². The molecule has 1 N–H and O–H groups in total. The molecule has 0 aromatic heterocycles. The molecule has 0 amide bonds. The molecule has 27 heavy (non-hydrogen) atoms. The summed E-state index contributed by atoms with van der Waals surface area (Å²) < 4.78 is 0. The monoisotopic (exact) mass is 361 g/mol. The summed E-state index contributed by atoms with van der Waals surface area (Å²) in [6.45, 7) is 4.21. The lowest BCUT2D eigenvalue weighted by atomic mass is 10.0. The van der Waals surface area contributed by atoms with Gasteiger partial charge in [0.2, 0.25) is 0 Å². The summed E-state index contributed by atoms with van der Waals surface area (Å²) in [4.78, 5) is 13.1. The SMILES string of the molecule is CCN(CCCc1ccc(CCC(=O)O)cc1)c1cccc2ccccc12. The third-order valence-corrected chi connectivity index (χ3v) is 5.03. The van der Waals surface area contributed by atoms with E-state index in [0.29, 0.717) is 6.42 Å². The van der Waals surface area contributed by atoms with Gasteiger partial charge in [0, 0.05) is 30.6 Å². The lowest BCUT2D eigenvalue weighted by molar-refractivity contribution is -0.136. The Labute approximate surface area is 161 Å². The molecule has 0 heterocycles. The zero-order chi connectivity index (χ0) is 19.1. The summed E-state index contributed by atoms with van der Waals surface area (Å²) in [5.41, 5.74) is 3.70. The van der Waals surface area contributed by atoms with E-state index in [1.807, 2.05) is 0 Å². The van der Waals surface area contributed by atoms with Crippen molar-refractivity contribution in [2.45, 2.75) is 32.6 Å². The molecule has 0 fully saturated rings. The van der Waals surface area contributed by atoms with Crippen LogP contribution in [-0.2, 0) is 17.6 Å². The van der Waals surface area contributed by atoms with Gasteiger partial charge in [0.1, 0.15) is 0 Å². The van der Waals surface area contributed by atoms with Gasteiger partial charge in [-0.15, -0.1) is 0 Å². The number of nitrogens with zero attached hydrogens (tertiary/aromatic N) is 1. The van der Waals surface area contributed by atoms with Crippen molar-refractivity contribution >= 4 is 22.4 Å². The third-order valence-electron chi connectivity index (χ3n) is 5.03. The van der Waals surface area contributed by atoms with E-state index in [9.17, 15) is 4.79 Å². The van der Waals surface area contributed by atoms with E-state index in [0.717, 1.165) is 31.5 Å². The van der Waals surface area contributed by atoms with Gasteiger partial charge in [0.25, 0.3) is 0 Å². The first-order chi connectivity index (χ1) is 13.2. The molecule has 0 radical (unpaired) electrons. The van der Waals surface area contributed by atoms with Gasteiger partial charge in [-0.05, 0) is 48.8 Å². The van der Waals surface area contributed by atoms with E-state index in [1.165, 1.54) is 22.0 Å². The molecular formula is C24H27NO2. The summed E-state index contributed by atoms with van der Waals surface area (Å²) in [5.74, 6) is -0.743. The summed E-state index contributed by atoms with van der Waals surface area (Å²) in [7, 11) is 0. The van der Waals surface area contributed by atoms with Crippen LogP contribution in [0.2, 0.25) is 0 Å². The molecule has 3 nitrogen and oxygen atoms in total. The Kier molecular flexibility index (Phi) is 6.48. The second kappa shape index (κ2) is 9.22. The number of rotatable bonds is 9. The molecule has 0 spiro atoms. The summed E-state index contributed by atoms with van der Waals surface area (Å²) in [6.07, 6.45) is 2.90. The fraction of sp³-hybridized carbons (Fsp3) is 0.292. The zero-order valence-corrected chi connectivity index (χ0v) is 15.9. The number of anilines is 1. The van der Waals surface area contributed by atoms with Crippen LogP contribution in [0.4, 0.5) is 5.69 Å². The Balaban J connectivity index is 1.59. The lowest BCUT2D eigenvalue weighted by Crippen LogP contribution is -2.24. The second-order valence-corrected chi connectivity index (χ2v) is 6.89. The quantitative estimate of drug-likeness (QED) is 0.561. The first kappa shape index (κ1) is 19.0. The van der Waals surface area contributed by atoms with Crippen molar-refractivity contribution in [3.05, 3.63) is 77.9 Å². The van der Waals surface area contributed by atoms with Crippen molar-refractivity contribution in [3.8, 4) is 0 Å². The molecule has 3 aromatic carbocycles. The van der Waals surface area contributed by atoms with Crippen molar-refractivity contribution < 1.29 is 9.90 Å². The molecule has 0 aliphatic rings. The van der Waals surface area contributed by atoms with Gasteiger partial charge in [-0.25, -0.2) is 0 Å². The highest BCUT2D eigenvalue weighted by Crippen LogP contribution is 2.26. The zero-order valence-electron chi connectivity index (χ0n) is 15.9. The summed E-state index contributed by atoms with van der Waals surface area (Å²) in [5, 5.41) is 11.4. The van der Waals surface area contributed by atoms with E-state index in [-0.39, 0.29) is 6.42 Å². The predicted molar refractivity (Wildman–Crippen MR) is 113 cm³/mol. The number of carboxylic acids is 1. The van der Waals surface area contributed by atoms with Crippen LogP contribution in [0.3, 0.4) is 0 Å². The normalized spacial score (nSPS) is 10.9.